The zero-order valence-corrected chi connectivity index (χ0v) is 19.5. The number of methoxy groups -OCH3 is 1. The van der Waals surface area contributed by atoms with Gasteiger partial charge in [-0.25, -0.2) is 15.0 Å². The van der Waals surface area contributed by atoms with E-state index in [4.69, 9.17) is 9.72 Å². The van der Waals surface area contributed by atoms with Gasteiger partial charge in [0.1, 0.15) is 17.1 Å². The highest BCUT2D eigenvalue weighted by atomic mass is 16.5. The Balaban J connectivity index is 1.65. The topological polar surface area (TPSA) is 77.8 Å². The van der Waals surface area contributed by atoms with Crippen LogP contribution in [0.3, 0.4) is 0 Å². The van der Waals surface area contributed by atoms with Crippen molar-refractivity contribution in [3.63, 3.8) is 0 Å². The molecule has 0 radical (unpaired) electrons. The molecule has 0 bridgehead atoms. The van der Waals surface area contributed by atoms with E-state index < -0.39 is 0 Å². The molecule has 166 valence electrons. The van der Waals surface area contributed by atoms with E-state index in [0.29, 0.717) is 6.42 Å². The van der Waals surface area contributed by atoms with Crippen LogP contribution in [0.4, 0.5) is 5.82 Å². The highest BCUT2D eigenvalue weighted by molar-refractivity contribution is 5.87. The van der Waals surface area contributed by atoms with Crippen LogP contribution in [-0.2, 0) is 13.5 Å². The fourth-order valence-corrected chi connectivity index (χ4v) is 3.42. The largest absolute Gasteiger partial charge is 0.496 e. The van der Waals surface area contributed by atoms with Crippen LogP contribution < -0.4 is 10.1 Å². The standard InChI is InChI=1S/C25H30N6O/c1-16(25(2,3)4)29-24-23-19(9-10-26-24)13-27-22(30-23)12-18-8-7-17(11-21(18)32-6)20-14-28-31(5)15-20/h7-11,13-16H,12H2,1-6H3,(H,26,29)/t16-/m1/s1. The first kappa shape index (κ1) is 21.7. The van der Waals surface area contributed by atoms with E-state index in [-0.39, 0.29) is 11.5 Å². The van der Waals surface area contributed by atoms with Crippen molar-refractivity contribution in [2.24, 2.45) is 12.5 Å². The van der Waals surface area contributed by atoms with Crippen LogP contribution >= 0.6 is 0 Å². The number of aromatic nitrogens is 5. The number of aryl methyl sites for hydroxylation is 1. The van der Waals surface area contributed by atoms with Crippen LogP contribution in [0.25, 0.3) is 22.0 Å². The molecule has 0 fully saturated rings. The third-order valence-corrected chi connectivity index (χ3v) is 5.88. The lowest BCUT2D eigenvalue weighted by Crippen LogP contribution is -2.31. The van der Waals surface area contributed by atoms with Gasteiger partial charge in [0.25, 0.3) is 0 Å². The van der Waals surface area contributed by atoms with Gasteiger partial charge in [0.2, 0.25) is 0 Å². The second kappa shape index (κ2) is 8.57. The lowest BCUT2D eigenvalue weighted by atomic mass is 9.88. The highest BCUT2D eigenvalue weighted by Gasteiger charge is 2.21. The molecule has 1 N–H and O–H groups in total. The van der Waals surface area contributed by atoms with Crippen molar-refractivity contribution >= 4 is 16.7 Å². The van der Waals surface area contributed by atoms with Crippen LogP contribution in [0.15, 0.2) is 49.1 Å². The van der Waals surface area contributed by atoms with Crippen molar-refractivity contribution in [1.82, 2.24) is 24.7 Å². The Kier molecular flexibility index (Phi) is 5.82. The molecule has 0 saturated heterocycles. The van der Waals surface area contributed by atoms with Crippen molar-refractivity contribution in [1.29, 1.82) is 0 Å². The third kappa shape index (κ3) is 4.56. The number of benzene rings is 1. The summed E-state index contributed by atoms with van der Waals surface area (Å²) in [6.07, 6.45) is 8.06. The molecular weight excluding hydrogens is 400 g/mol. The molecule has 0 saturated carbocycles. The molecule has 0 aliphatic heterocycles. The van der Waals surface area contributed by atoms with Crippen molar-refractivity contribution in [2.75, 3.05) is 12.4 Å². The normalized spacial score (nSPS) is 12.7. The van der Waals surface area contributed by atoms with E-state index in [0.717, 1.165) is 45.0 Å². The molecular formula is C25H30N6O. The molecule has 32 heavy (non-hydrogen) atoms. The maximum Gasteiger partial charge on any atom is 0.152 e. The fraction of sp³-hybridized carbons (Fsp3) is 0.360. The summed E-state index contributed by atoms with van der Waals surface area (Å²) in [5, 5.41) is 8.75. The number of anilines is 1. The summed E-state index contributed by atoms with van der Waals surface area (Å²) in [6, 6.07) is 8.36. The van der Waals surface area contributed by atoms with Crippen molar-refractivity contribution in [3.8, 4) is 16.9 Å². The van der Waals surface area contributed by atoms with Crippen LogP contribution in [0, 0.1) is 5.41 Å². The maximum atomic E-state index is 5.68. The Morgan fingerprint density at radius 1 is 1.09 bits per heavy atom. The molecule has 3 aromatic heterocycles. The van der Waals surface area contributed by atoms with Crippen LogP contribution in [0.5, 0.6) is 5.75 Å². The van der Waals surface area contributed by atoms with Crippen LogP contribution in [0.1, 0.15) is 39.1 Å². The number of ether oxygens (including phenoxy) is 1. The average Bonchev–Trinajstić information content (AvgIpc) is 3.20. The summed E-state index contributed by atoms with van der Waals surface area (Å²) in [7, 11) is 3.60. The maximum absolute atomic E-state index is 5.68. The highest BCUT2D eigenvalue weighted by Crippen LogP contribution is 2.29. The summed E-state index contributed by atoms with van der Waals surface area (Å²) in [5.41, 5.74) is 4.07. The summed E-state index contributed by atoms with van der Waals surface area (Å²) < 4.78 is 7.47. The molecule has 4 aromatic rings. The van der Waals surface area contributed by atoms with E-state index >= 15 is 0 Å². The fourth-order valence-electron chi connectivity index (χ4n) is 3.42. The van der Waals surface area contributed by atoms with Crippen molar-refractivity contribution < 1.29 is 4.74 Å². The Hall–Kier alpha value is -3.48. The second-order valence-electron chi connectivity index (χ2n) is 9.22. The van der Waals surface area contributed by atoms with Crippen LogP contribution in [0.2, 0.25) is 0 Å². The molecule has 7 heteroatoms. The van der Waals surface area contributed by atoms with Gasteiger partial charge in [0.15, 0.2) is 5.82 Å². The van der Waals surface area contributed by atoms with E-state index in [1.165, 1.54) is 0 Å². The number of pyridine rings is 1. The summed E-state index contributed by atoms with van der Waals surface area (Å²) in [6.45, 7) is 8.78. The molecule has 1 aromatic carbocycles. The minimum atomic E-state index is 0.100. The second-order valence-corrected chi connectivity index (χ2v) is 9.22. The summed E-state index contributed by atoms with van der Waals surface area (Å²) in [4.78, 5) is 14.0. The molecule has 3 heterocycles. The first-order chi connectivity index (χ1) is 15.2. The molecule has 0 aliphatic carbocycles. The van der Waals surface area contributed by atoms with Gasteiger partial charge in [0, 0.05) is 54.6 Å². The molecule has 7 nitrogen and oxygen atoms in total. The Bertz CT molecular complexity index is 1240. The van der Waals surface area contributed by atoms with Gasteiger partial charge < -0.3 is 10.1 Å². The zero-order valence-electron chi connectivity index (χ0n) is 19.5. The molecule has 0 amide bonds. The first-order valence-corrected chi connectivity index (χ1v) is 10.8. The minimum Gasteiger partial charge on any atom is -0.496 e. The molecule has 4 rings (SSSR count). The molecule has 1 atom stereocenters. The van der Waals surface area contributed by atoms with E-state index in [9.17, 15) is 0 Å². The van der Waals surface area contributed by atoms with Crippen molar-refractivity contribution in [3.05, 3.63) is 60.4 Å². The van der Waals surface area contributed by atoms with Gasteiger partial charge in [-0.2, -0.15) is 5.10 Å². The smallest absolute Gasteiger partial charge is 0.152 e. The van der Waals surface area contributed by atoms with Gasteiger partial charge >= 0.3 is 0 Å². The van der Waals surface area contributed by atoms with Gasteiger partial charge in [0.05, 0.1) is 13.3 Å². The number of fused-ring (bicyclic) bond motifs is 1. The molecule has 0 aliphatic rings. The quantitative estimate of drug-likeness (QED) is 0.470. The Labute approximate surface area is 188 Å². The average molecular weight is 431 g/mol. The summed E-state index contributed by atoms with van der Waals surface area (Å²) >= 11 is 0. The number of hydrogen-bond donors (Lipinski definition) is 1. The van der Waals surface area contributed by atoms with E-state index in [2.05, 4.69) is 60.2 Å². The molecule has 0 unspecified atom stereocenters. The Morgan fingerprint density at radius 3 is 2.59 bits per heavy atom. The van der Waals surface area contributed by atoms with Crippen molar-refractivity contribution in [2.45, 2.75) is 40.2 Å². The first-order valence-electron chi connectivity index (χ1n) is 10.8. The van der Waals surface area contributed by atoms with Gasteiger partial charge in [-0.05, 0) is 30.0 Å². The van der Waals surface area contributed by atoms with Crippen LogP contribution in [-0.4, -0.2) is 37.9 Å². The minimum absolute atomic E-state index is 0.100. The predicted octanol–water partition coefficient (Wildman–Crippen LogP) is 4.87. The lowest BCUT2D eigenvalue weighted by molar-refractivity contribution is 0.359. The predicted molar refractivity (Wildman–Crippen MR) is 128 cm³/mol. The molecule has 0 spiro atoms. The Morgan fingerprint density at radius 2 is 1.91 bits per heavy atom. The van der Waals surface area contributed by atoms with Gasteiger partial charge in [-0.3, -0.25) is 4.68 Å². The third-order valence-electron chi connectivity index (χ3n) is 5.88. The van der Waals surface area contributed by atoms with E-state index in [1.54, 1.807) is 18.0 Å². The van der Waals surface area contributed by atoms with Gasteiger partial charge in [-0.15, -0.1) is 0 Å². The summed E-state index contributed by atoms with van der Waals surface area (Å²) in [5.74, 6) is 2.32. The zero-order chi connectivity index (χ0) is 22.9. The number of hydrogen-bond acceptors (Lipinski definition) is 6. The lowest BCUT2D eigenvalue weighted by Gasteiger charge is -2.28. The number of rotatable bonds is 6. The van der Waals surface area contributed by atoms with Gasteiger partial charge in [-0.1, -0.05) is 32.9 Å². The monoisotopic (exact) mass is 430 g/mol. The SMILES string of the molecule is COc1cc(-c2cnn(C)c2)ccc1Cc1ncc2ccnc(N[C@H](C)C(C)(C)C)c2n1. The number of nitrogens with one attached hydrogen (secondary N) is 1. The number of nitrogens with zero attached hydrogens (tertiary/aromatic N) is 5. The van der Waals surface area contributed by atoms with E-state index in [1.807, 2.05) is 37.8 Å².